The van der Waals surface area contributed by atoms with Crippen LogP contribution in [-0.2, 0) is 54.5 Å². The van der Waals surface area contributed by atoms with Crippen molar-refractivity contribution in [2.24, 2.45) is 0 Å². The molecule has 0 atom stereocenters. The summed E-state index contributed by atoms with van der Waals surface area (Å²) in [6, 6.07) is 17.3. The molecule has 0 spiro atoms. The van der Waals surface area contributed by atoms with Crippen LogP contribution in [0.1, 0.15) is 51.4 Å². The van der Waals surface area contributed by atoms with Gasteiger partial charge in [-0.2, -0.15) is 64.8 Å². The summed E-state index contributed by atoms with van der Waals surface area (Å²) in [7, 11) is 0. The van der Waals surface area contributed by atoms with Crippen LogP contribution < -0.4 is 24.8 Å². The molecule has 0 fully saturated rings. The Labute approximate surface area is 349 Å². The predicted molar refractivity (Wildman–Crippen MR) is 191 cm³/mol. The number of aryl methyl sites for hydroxylation is 4. The summed E-state index contributed by atoms with van der Waals surface area (Å²) in [5, 5.41) is 2.96. The first-order chi connectivity index (χ1) is 25.2. The Balaban J connectivity index is 0.000000349. The molecule has 6 aromatic rings. The largest absolute Gasteiger partial charge is 1.00 e. The smallest absolute Gasteiger partial charge is 0.416 e. The van der Waals surface area contributed by atoms with Crippen LogP contribution in [0, 0.1) is 20.8 Å². The third-order valence-electron chi connectivity index (χ3n) is 8.62. The van der Waals surface area contributed by atoms with Crippen LogP contribution in [0.2, 0.25) is 13.1 Å². The van der Waals surface area contributed by atoms with Gasteiger partial charge < -0.3 is 24.8 Å². The molecule has 0 heterocycles. The molecule has 6 aromatic carbocycles. The molecule has 0 bridgehead atoms. The number of rotatable bonds is 3. The fourth-order valence-corrected chi connectivity index (χ4v) is 6.02. The third kappa shape index (κ3) is 12.5. The summed E-state index contributed by atoms with van der Waals surface area (Å²) in [6.07, 6.45) is -18.7. The summed E-state index contributed by atoms with van der Waals surface area (Å²) in [5.74, 6) is 0. The van der Waals surface area contributed by atoms with Crippen LogP contribution in [0.4, 0.5) is 52.7 Å². The minimum absolute atomic E-state index is 0. The summed E-state index contributed by atoms with van der Waals surface area (Å²) >= 11 is 1.74. The van der Waals surface area contributed by atoms with Gasteiger partial charge in [-0.1, -0.05) is 51.0 Å². The van der Waals surface area contributed by atoms with Crippen molar-refractivity contribution < 1.29 is 101 Å². The van der Waals surface area contributed by atoms with E-state index in [4.69, 9.17) is 0 Å². The molecule has 0 aliphatic heterocycles. The molecule has 16 heteroatoms. The minimum atomic E-state index is -4.86. The molecule has 0 nitrogen and oxygen atoms in total. The minimum Gasteiger partial charge on any atom is -1.00 e. The molecule has 0 aromatic heterocycles. The van der Waals surface area contributed by atoms with Gasteiger partial charge in [-0.3, -0.25) is 0 Å². The SMILES string of the molecule is CCc1cc2c(-c3cc(C(F)(F)F)cc(C(F)(F)F)c3)ccc(C)c2[cH-]1.C[Si](C)=[Zr+2].Cc1cc2c(-c3cc(C(F)(F)F)cc(C(F)(F)F)c3)ccc(C)c2[cH-]1.[Cl-].[Cl-]. The average molecular weight is 945 g/mol. The fraction of sp³-hybridized carbons (Fsp3) is 0.268. The Hall–Kier alpha value is -3.06. The van der Waals surface area contributed by atoms with Gasteiger partial charge in [-0.15, -0.1) is 68.1 Å². The average Bonchev–Trinajstić information content (AvgIpc) is 3.68. The summed E-state index contributed by atoms with van der Waals surface area (Å²) in [4.78, 5) is 0. The first kappa shape index (κ1) is 50.1. The van der Waals surface area contributed by atoms with Crippen LogP contribution in [0.25, 0.3) is 43.8 Å². The van der Waals surface area contributed by atoms with Crippen molar-refractivity contribution in [3.63, 3.8) is 0 Å². The predicted octanol–water partition coefficient (Wildman–Crippen LogP) is 8.81. The summed E-state index contributed by atoms with van der Waals surface area (Å²) in [5.41, 5.74) is -0.786. The van der Waals surface area contributed by atoms with Crippen molar-refractivity contribution >= 4 is 27.0 Å². The first-order valence-corrected chi connectivity index (χ1v) is 22.9. The van der Waals surface area contributed by atoms with E-state index in [0.717, 1.165) is 63.7 Å². The third-order valence-corrected chi connectivity index (χ3v) is 8.62. The van der Waals surface area contributed by atoms with E-state index in [1.807, 2.05) is 45.9 Å². The van der Waals surface area contributed by atoms with E-state index >= 15 is 0 Å². The van der Waals surface area contributed by atoms with E-state index in [9.17, 15) is 52.7 Å². The van der Waals surface area contributed by atoms with Gasteiger partial charge >= 0.3 is 66.6 Å². The fourth-order valence-electron chi connectivity index (χ4n) is 6.02. The maximum Gasteiger partial charge on any atom is 0.416 e. The van der Waals surface area contributed by atoms with Crippen molar-refractivity contribution in [3.8, 4) is 22.3 Å². The zero-order valence-corrected chi connectivity index (χ0v) is 36.1. The molecule has 306 valence electrons. The summed E-state index contributed by atoms with van der Waals surface area (Å²) < 4.78 is 157. The quantitative estimate of drug-likeness (QED) is 0.0947. The zero-order valence-electron chi connectivity index (χ0n) is 31.1. The molecule has 57 heavy (non-hydrogen) atoms. The molecule has 0 radical (unpaired) electrons. The Bertz CT molecular complexity index is 2280. The Kier molecular flexibility index (Phi) is 16.6. The molecule has 0 amide bonds. The molecular formula is C41H34Cl2F12SiZr-2. The van der Waals surface area contributed by atoms with Crippen LogP contribution in [0.3, 0.4) is 0 Å². The van der Waals surface area contributed by atoms with Crippen LogP contribution in [-0.4, -0.2) is 5.43 Å². The Morgan fingerprint density at radius 1 is 0.509 bits per heavy atom. The molecule has 6 rings (SSSR count). The maximum atomic E-state index is 13.1. The van der Waals surface area contributed by atoms with Gasteiger partial charge in [0.05, 0.1) is 22.3 Å². The van der Waals surface area contributed by atoms with E-state index in [2.05, 4.69) is 13.1 Å². The zero-order chi connectivity index (χ0) is 41.4. The maximum absolute atomic E-state index is 13.1. The second-order valence-corrected chi connectivity index (χ2v) is 22.7. The van der Waals surface area contributed by atoms with Crippen molar-refractivity contribution in [3.05, 3.63) is 129 Å². The van der Waals surface area contributed by atoms with Gasteiger partial charge in [-0.05, 0) is 53.9 Å². The van der Waals surface area contributed by atoms with E-state index in [1.165, 1.54) is 0 Å². The van der Waals surface area contributed by atoms with Crippen molar-refractivity contribution in [1.29, 1.82) is 0 Å². The normalized spacial score (nSPS) is 11.9. The Morgan fingerprint density at radius 3 is 1.14 bits per heavy atom. The van der Waals surface area contributed by atoms with Gasteiger partial charge in [0.2, 0.25) is 0 Å². The van der Waals surface area contributed by atoms with Crippen LogP contribution >= 0.6 is 0 Å². The topological polar surface area (TPSA) is 0 Å². The second kappa shape index (κ2) is 18.9. The monoisotopic (exact) mass is 942 g/mol. The second-order valence-electron chi connectivity index (χ2n) is 13.4. The molecule has 0 aliphatic rings. The molecule has 0 saturated carbocycles. The molecule has 0 N–H and O–H groups in total. The molecule has 0 unspecified atom stereocenters. The van der Waals surface area contributed by atoms with Crippen LogP contribution in [0.5, 0.6) is 0 Å². The first-order valence-electron chi connectivity index (χ1n) is 16.7. The van der Waals surface area contributed by atoms with Crippen molar-refractivity contribution in [2.75, 3.05) is 0 Å². The van der Waals surface area contributed by atoms with Gasteiger partial charge in [0, 0.05) is 0 Å². The van der Waals surface area contributed by atoms with Gasteiger partial charge in [0.1, 0.15) is 0 Å². The van der Waals surface area contributed by atoms with E-state index in [1.54, 1.807) is 53.7 Å². The van der Waals surface area contributed by atoms with Crippen molar-refractivity contribution in [2.45, 2.75) is 71.9 Å². The number of fused-ring (bicyclic) bond motifs is 2. The summed E-state index contributed by atoms with van der Waals surface area (Å²) in [6.45, 7) is 12.1. The van der Waals surface area contributed by atoms with E-state index in [-0.39, 0.29) is 53.5 Å². The Morgan fingerprint density at radius 2 is 0.825 bits per heavy atom. The molecular weight excluding hydrogens is 911 g/mol. The van der Waals surface area contributed by atoms with Gasteiger partial charge in [0.25, 0.3) is 0 Å². The number of benzene rings is 4. The standard InChI is InChI=1S/C20H15F6.C19H13F6.C2H6Si.2ClH.Zr/c1-3-12-6-17-11(2)4-5-16(18(17)7-12)13-8-14(19(21,22)23)10-15(9-13)20(24,25)26;1-10-5-16-11(2)3-4-15(17(16)6-10)12-7-13(18(20,21)22)9-14(8-12)19(23,24)25;1-3-2;;;/h4-10H,3H2,1-2H3;3-9H,1-2H3;1-2H3;2*1H;/q2*-1;;;;+2/p-2. The van der Waals surface area contributed by atoms with Gasteiger partial charge in [-0.25, -0.2) is 0 Å². The molecule has 0 saturated heterocycles. The van der Waals surface area contributed by atoms with Crippen molar-refractivity contribution in [1.82, 2.24) is 0 Å². The van der Waals surface area contributed by atoms with E-state index < -0.39 is 47.0 Å². The van der Waals surface area contributed by atoms with Gasteiger partial charge in [0.15, 0.2) is 0 Å². The van der Waals surface area contributed by atoms with E-state index in [0.29, 0.717) is 21.9 Å². The number of halogens is 14. The molecule has 0 aliphatic carbocycles. The number of hydrogen-bond donors (Lipinski definition) is 0. The number of alkyl halides is 12. The number of hydrogen-bond acceptors (Lipinski definition) is 0. The van der Waals surface area contributed by atoms with Crippen LogP contribution in [0.15, 0.2) is 84.9 Å².